The maximum absolute atomic E-state index is 13.6. The lowest BCUT2D eigenvalue weighted by Gasteiger charge is -2.28. The average molecular weight is 501 g/mol. The molecule has 6 rings (SSSR count). The number of fused-ring (bicyclic) bond motifs is 5. The summed E-state index contributed by atoms with van der Waals surface area (Å²) in [5.74, 6) is -0.0698. The summed E-state index contributed by atoms with van der Waals surface area (Å²) in [6.45, 7) is 0. The Hall–Kier alpha value is -3.64. The van der Waals surface area contributed by atoms with Crippen molar-refractivity contribution in [3.05, 3.63) is 88.9 Å². The summed E-state index contributed by atoms with van der Waals surface area (Å²) in [6, 6.07) is 21.9. The van der Waals surface area contributed by atoms with E-state index < -0.39 is 0 Å². The molecule has 3 aromatic carbocycles. The van der Waals surface area contributed by atoms with Crippen molar-refractivity contribution in [2.24, 2.45) is 23.7 Å². The molecule has 1 aliphatic heterocycles. The number of benzene rings is 3. The minimum absolute atomic E-state index is 0.141. The average Bonchev–Trinajstić information content (AvgIpc) is 3.56. The fourth-order valence-corrected chi connectivity index (χ4v) is 6.73. The molecule has 1 N–H and O–H groups in total. The van der Waals surface area contributed by atoms with Gasteiger partial charge in [-0.3, -0.25) is 19.3 Å². The Bertz CT molecular complexity index is 1370. The third-order valence-electron chi connectivity index (χ3n) is 8.02. The molecule has 0 aromatic heterocycles. The van der Waals surface area contributed by atoms with Crippen LogP contribution in [0.1, 0.15) is 34.7 Å². The molecular formula is C29H25ClN2O4. The van der Waals surface area contributed by atoms with Gasteiger partial charge in [-0.1, -0.05) is 48.0 Å². The van der Waals surface area contributed by atoms with Crippen molar-refractivity contribution in [2.45, 2.75) is 18.8 Å². The molecule has 2 aliphatic carbocycles. The van der Waals surface area contributed by atoms with Gasteiger partial charge in [0.15, 0.2) is 0 Å². The molecule has 1 saturated heterocycles. The fourth-order valence-electron chi connectivity index (χ4n) is 6.56. The van der Waals surface area contributed by atoms with E-state index in [-0.39, 0.29) is 41.4 Å². The highest BCUT2D eigenvalue weighted by Crippen LogP contribution is 2.61. The van der Waals surface area contributed by atoms with Crippen LogP contribution in [0, 0.1) is 23.7 Å². The van der Waals surface area contributed by atoms with Gasteiger partial charge in [-0.15, -0.1) is 0 Å². The van der Waals surface area contributed by atoms with Crippen molar-refractivity contribution >= 4 is 40.7 Å². The molecule has 182 valence electrons. The number of amides is 3. The normalized spacial score (nSPS) is 26.3. The van der Waals surface area contributed by atoms with Gasteiger partial charge in [-0.25, -0.2) is 0 Å². The Balaban J connectivity index is 1.26. The van der Waals surface area contributed by atoms with Gasteiger partial charge in [0, 0.05) is 10.6 Å². The molecule has 1 heterocycles. The van der Waals surface area contributed by atoms with Gasteiger partial charge in [0.25, 0.3) is 5.91 Å². The maximum Gasteiger partial charge on any atom is 0.255 e. The molecule has 3 aromatic rings. The number of rotatable bonds is 5. The van der Waals surface area contributed by atoms with E-state index in [4.69, 9.17) is 16.3 Å². The number of imide groups is 1. The minimum Gasteiger partial charge on any atom is -0.495 e. The number of ether oxygens (including phenoxy) is 1. The van der Waals surface area contributed by atoms with Gasteiger partial charge in [-0.05, 0) is 72.6 Å². The molecule has 5 atom stereocenters. The van der Waals surface area contributed by atoms with Crippen molar-refractivity contribution in [3.63, 3.8) is 0 Å². The molecule has 2 saturated carbocycles. The first-order valence-electron chi connectivity index (χ1n) is 12.1. The van der Waals surface area contributed by atoms with Crippen molar-refractivity contribution in [1.82, 2.24) is 0 Å². The van der Waals surface area contributed by atoms with E-state index >= 15 is 0 Å². The highest BCUT2D eigenvalue weighted by molar-refractivity contribution is 6.31. The molecule has 0 radical (unpaired) electrons. The van der Waals surface area contributed by atoms with Crippen molar-refractivity contribution < 1.29 is 19.1 Å². The Morgan fingerprint density at radius 1 is 0.944 bits per heavy atom. The first-order valence-corrected chi connectivity index (χ1v) is 12.5. The fraction of sp³-hybridized carbons (Fsp3) is 0.276. The number of nitrogens with zero attached hydrogens (tertiary/aromatic N) is 1. The number of hydrogen-bond donors (Lipinski definition) is 1. The summed E-state index contributed by atoms with van der Waals surface area (Å²) in [5.41, 5.74) is 2.45. The zero-order chi connectivity index (χ0) is 25.0. The largest absolute Gasteiger partial charge is 0.495 e. The zero-order valence-corrected chi connectivity index (χ0v) is 20.4. The van der Waals surface area contributed by atoms with Crippen LogP contribution in [0.25, 0.3) is 0 Å². The van der Waals surface area contributed by atoms with E-state index in [0.717, 1.165) is 12.8 Å². The van der Waals surface area contributed by atoms with Crippen LogP contribution in [-0.2, 0) is 9.59 Å². The van der Waals surface area contributed by atoms with Crippen molar-refractivity contribution in [2.75, 3.05) is 17.3 Å². The lowest BCUT2D eigenvalue weighted by Crippen LogP contribution is -2.33. The molecule has 2 bridgehead atoms. The Morgan fingerprint density at radius 3 is 2.50 bits per heavy atom. The Labute approximate surface area is 214 Å². The quantitative estimate of drug-likeness (QED) is 0.467. The first kappa shape index (κ1) is 22.8. The van der Waals surface area contributed by atoms with Crippen LogP contribution in [0.15, 0.2) is 72.8 Å². The molecular weight excluding hydrogens is 476 g/mol. The second-order valence-corrected chi connectivity index (χ2v) is 10.3. The van der Waals surface area contributed by atoms with Gasteiger partial charge in [0.2, 0.25) is 11.8 Å². The van der Waals surface area contributed by atoms with E-state index in [1.165, 1.54) is 17.6 Å². The van der Waals surface area contributed by atoms with E-state index in [0.29, 0.717) is 33.6 Å². The second kappa shape index (κ2) is 8.79. The lowest BCUT2D eigenvalue weighted by atomic mass is 9.73. The van der Waals surface area contributed by atoms with Gasteiger partial charge in [-0.2, -0.15) is 0 Å². The summed E-state index contributed by atoms with van der Waals surface area (Å²) in [4.78, 5) is 41.5. The van der Waals surface area contributed by atoms with Crippen LogP contribution < -0.4 is 15.0 Å². The SMILES string of the molecule is COc1ccc(Cl)cc1NC(=O)c1cccc(N2C(=O)[C@@H]3[C@@H]4C[C@@H]([C@H]3C2=O)[C@@H](c2ccccc2)C4)c1. The summed E-state index contributed by atoms with van der Waals surface area (Å²) in [7, 11) is 1.51. The molecule has 3 aliphatic rings. The second-order valence-electron chi connectivity index (χ2n) is 9.83. The molecule has 6 nitrogen and oxygen atoms in total. The topological polar surface area (TPSA) is 75.7 Å². The molecule has 0 spiro atoms. The van der Waals surface area contributed by atoms with E-state index in [1.807, 2.05) is 18.2 Å². The van der Waals surface area contributed by atoms with Crippen LogP contribution in [0.2, 0.25) is 5.02 Å². The third kappa shape index (κ3) is 3.59. The van der Waals surface area contributed by atoms with Gasteiger partial charge < -0.3 is 10.1 Å². The number of methoxy groups -OCH3 is 1. The summed E-state index contributed by atoms with van der Waals surface area (Å²) in [5, 5.41) is 3.27. The Morgan fingerprint density at radius 2 is 1.72 bits per heavy atom. The number of anilines is 2. The minimum atomic E-state index is -0.388. The maximum atomic E-state index is 13.6. The van der Waals surface area contributed by atoms with Crippen LogP contribution >= 0.6 is 11.6 Å². The standard InChI is InChI=1S/C29H25ClN2O4/c1-36-24-11-10-19(30)15-23(24)31-27(33)17-8-5-9-20(12-17)32-28(34)25-18-13-21(16-6-3-2-4-7-16)22(14-18)26(25)29(32)35/h2-12,15,18,21-22,25-26H,13-14H2,1H3,(H,31,33)/t18-,21+,22+,25+,26+/m0/s1. The Kier molecular flexibility index (Phi) is 5.56. The summed E-state index contributed by atoms with van der Waals surface area (Å²) >= 11 is 6.08. The number of hydrogen-bond acceptors (Lipinski definition) is 4. The van der Waals surface area contributed by atoms with Crippen molar-refractivity contribution in [1.29, 1.82) is 0 Å². The highest BCUT2D eigenvalue weighted by atomic mass is 35.5. The van der Waals surface area contributed by atoms with E-state index in [9.17, 15) is 14.4 Å². The van der Waals surface area contributed by atoms with Gasteiger partial charge >= 0.3 is 0 Å². The number of carbonyl (C=O) groups is 3. The third-order valence-corrected chi connectivity index (χ3v) is 8.25. The van der Waals surface area contributed by atoms with Crippen LogP contribution in [-0.4, -0.2) is 24.8 Å². The van der Waals surface area contributed by atoms with Crippen LogP contribution in [0.3, 0.4) is 0 Å². The summed E-state index contributed by atoms with van der Waals surface area (Å²) < 4.78 is 5.31. The number of carbonyl (C=O) groups excluding carboxylic acids is 3. The van der Waals surface area contributed by atoms with Crippen LogP contribution in [0.4, 0.5) is 11.4 Å². The zero-order valence-electron chi connectivity index (χ0n) is 19.7. The molecule has 7 heteroatoms. The molecule has 3 fully saturated rings. The predicted octanol–water partition coefficient (Wildman–Crippen LogP) is 5.53. The van der Waals surface area contributed by atoms with Gasteiger partial charge in [0.1, 0.15) is 5.75 Å². The number of nitrogens with one attached hydrogen (secondary N) is 1. The monoisotopic (exact) mass is 500 g/mol. The van der Waals surface area contributed by atoms with E-state index in [2.05, 4.69) is 17.4 Å². The van der Waals surface area contributed by atoms with E-state index in [1.54, 1.807) is 42.5 Å². The van der Waals surface area contributed by atoms with Gasteiger partial charge in [0.05, 0.1) is 30.3 Å². The molecule has 0 unspecified atom stereocenters. The first-order chi connectivity index (χ1) is 17.5. The highest BCUT2D eigenvalue weighted by Gasteiger charge is 2.64. The van der Waals surface area contributed by atoms with Crippen molar-refractivity contribution in [3.8, 4) is 5.75 Å². The van der Waals surface area contributed by atoms with Crippen LogP contribution in [0.5, 0.6) is 5.75 Å². The molecule has 36 heavy (non-hydrogen) atoms. The smallest absolute Gasteiger partial charge is 0.255 e. The predicted molar refractivity (Wildman–Crippen MR) is 137 cm³/mol. The molecule has 3 amide bonds. The lowest BCUT2D eigenvalue weighted by molar-refractivity contribution is -0.123. The number of halogens is 1. The summed E-state index contributed by atoms with van der Waals surface area (Å²) in [6.07, 6.45) is 1.86.